The zero-order chi connectivity index (χ0) is 20.1. The van der Waals surface area contributed by atoms with Crippen LogP contribution in [0.5, 0.6) is 0 Å². The molecule has 166 valence electrons. The fourth-order valence-electron chi connectivity index (χ4n) is 3.59. The molecule has 3 atom stereocenters. The first-order chi connectivity index (χ1) is 13.3. The van der Waals surface area contributed by atoms with E-state index in [0.717, 1.165) is 50.6 Å². The minimum atomic E-state index is -0.558. The van der Waals surface area contributed by atoms with E-state index < -0.39 is 17.6 Å². The van der Waals surface area contributed by atoms with Crippen LogP contribution in [0.3, 0.4) is 0 Å². The number of nitrogens with zero attached hydrogens (tertiary/aromatic N) is 2. The third-order valence-corrected chi connectivity index (χ3v) is 5.36. The van der Waals surface area contributed by atoms with Gasteiger partial charge in [-0.15, -0.1) is 12.4 Å². The van der Waals surface area contributed by atoms with Crippen LogP contribution >= 0.6 is 12.4 Å². The van der Waals surface area contributed by atoms with Gasteiger partial charge in [0.2, 0.25) is 5.91 Å². The lowest BCUT2D eigenvalue weighted by Gasteiger charge is -2.34. The first-order valence-electron chi connectivity index (χ1n) is 10.3. The van der Waals surface area contributed by atoms with Gasteiger partial charge < -0.3 is 25.0 Å². The number of ether oxygens (including phenoxy) is 1. The molecule has 0 aliphatic carbocycles. The monoisotopic (exact) mass is 430 g/mol. The quantitative estimate of drug-likeness (QED) is 0.621. The molecule has 1 aromatic rings. The second-order valence-electron chi connectivity index (χ2n) is 8.92. The van der Waals surface area contributed by atoms with Crippen LogP contribution < -0.4 is 10.6 Å². The molecule has 3 rings (SSSR count). The van der Waals surface area contributed by atoms with Crippen LogP contribution in [-0.2, 0) is 22.5 Å². The number of hydrogen-bond acceptors (Lipinski definition) is 7. The number of piperazine rings is 1. The smallest absolute Gasteiger partial charge is 0.225 e. The average molecular weight is 431 g/mol. The van der Waals surface area contributed by atoms with Gasteiger partial charge >= 0.3 is 0 Å². The van der Waals surface area contributed by atoms with Crippen molar-refractivity contribution in [2.75, 3.05) is 32.7 Å². The van der Waals surface area contributed by atoms with Crippen LogP contribution in [0.15, 0.2) is 10.6 Å². The van der Waals surface area contributed by atoms with Crippen LogP contribution in [-0.4, -0.2) is 72.1 Å². The van der Waals surface area contributed by atoms with Gasteiger partial charge in [-0.2, -0.15) is 0 Å². The number of aliphatic hydroxyl groups excluding tert-OH is 1. The number of rotatable bonds is 6. The van der Waals surface area contributed by atoms with Crippen LogP contribution in [0.1, 0.15) is 45.1 Å². The van der Waals surface area contributed by atoms with Crippen molar-refractivity contribution in [2.45, 2.75) is 64.9 Å². The molecule has 3 N–H and O–H groups in total. The molecule has 1 amide bonds. The van der Waals surface area contributed by atoms with E-state index in [-0.39, 0.29) is 24.4 Å². The van der Waals surface area contributed by atoms with E-state index in [2.05, 4.69) is 20.7 Å². The normalized spacial score (nSPS) is 26.0. The zero-order valence-electron chi connectivity index (χ0n) is 17.6. The van der Waals surface area contributed by atoms with Gasteiger partial charge in [-0.05, 0) is 12.8 Å². The molecule has 0 saturated carbocycles. The Morgan fingerprint density at radius 3 is 2.76 bits per heavy atom. The topological polar surface area (TPSA) is 99.9 Å². The van der Waals surface area contributed by atoms with Crippen molar-refractivity contribution in [3.8, 4) is 0 Å². The number of carbonyl (C=O) groups excluding carboxylic acids is 1. The molecule has 0 unspecified atom stereocenters. The summed E-state index contributed by atoms with van der Waals surface area (Å²) in [5, 5.41) is 20.7. The molecule has 2 fully saturated rings. The van der Waals surface area contributed by atoms with Crippen molar-refractivity contribution in [3.63, 3.8) is 0 Å². The van der Waals surface area contributed by atoms with Gasteiger partial charge in [-0.3, -0.25) is 9.69 Å². The Bertz CT molecular complexity index is 643. The molecule has 3 heterocycles. The van der Waals surface area contributed by atoms with Crippen LogP contribution in [0, 0.1) is 5.41 Å². The minimum absolute atomic E-state index is 0. The van der Waals surface area contributed by atoms with Crippen molar-refractivity contribution in [3.05, 3.63) is 17.5 Å². The lowest BCUT2D eigenvalue weighted by atomic mass is 9.95. The number of halogens is 1. The number of hydrogen-bond donors (Lipinski definition) is 3. The molecule has 2 aliphatic rings. The molecule has 1 aromatic heterocycles. The highest BCUT2D eigenvalue weighted by Crippen LogP contribution is 2.23. The molecule has 9 heteroatoms. The maximum absolute atomic E-state index is 12.1. The van der Waals surface area contributed by atoms with Crippen molar-refractivity contribution in [1.82, 2.24) is 20.7 Å². The van der Waals surface area contributed by atoms with Gasteiger partial charge in [0, 0.05) is 50.6 Å². The largest absolute Gasteiger partial charge is 0.390 e. The molecule has 0 radical (unpaired) electrons. The SMILES string of the molecule is CC(C)(C)C(=O)NC[C@H]1O[C@H](Cc2cc(CN3CCNCC3)on2)CC[C@@H]1O.Cl. The minimum Gasteiger partial charge on any atom is -0.390 e. The summed E-state index contributed by atoms with van der Waals surface area (Å²) in [5.74, 6) is 0.834. The maximum Gasteiger partial charge on any atom is 0.225 e. The first kappa shape index (κ1) is 24.1. The average Bonchev–Trinajstić information content (AvgIpc) is 3.08. The highest BCUT2D eigenvalue weighted by Gasteiger charge is 2.32. The third kappa shape index (κ3) is 7.22. The van der Waals surface area contributed by atoms with Crippen molar-refractivity contribution in [1.29, 1.82) is 0 Å². The lowest BCUT2D eigenvalue weighted by Crippen LogP contribution is -2.48. The Balaban J connectivity index is 0.00000300. The van der Waals surface area contributed by atoms with Gasteiger partial charge in [0.25, 0.3) is 0 Å². The fourth-order valence-corrected chi connectivity index (χ4v) is 3.59. The van der Waals surface area contributed by atoms with E-state index in [0.29, 0.717) is 19.4 Å². The Labute approximate surface area is 179 Å². The first-order valence-corrected chi connectivity index (χ1v) is 10.3. The van der Waals surface area contributed by atoms with Gasteiger partial charge in [0.1, 0.15) is 6.10 Å². The Hall–Kier alpha value is -1.19. The molecule has 0 aromatic carbocycles. The predicted octanol–water partition coefficient (Wildman–Crippen LogP) is 1.11. The summed E-state index contributed by atoms with van der Waals surface area (Å²) < 4.78 is 11.6. The van der Waals surface area contributed by atoms with Gasteiger partial charge in [-0.1, -0.05) is 25.9 Å². The molecule has 0 spiro atoms. The van der Waals surface area contributed by atoms with E-state index >= 15 is 0 Å². The van der Waals surface area contributed by atoms with Crippen molar-refractivity contribution in [2.24, 2.45) is 5.41 Å². The summed E-state index contributed by atoms with van der Waals surface area (Å²) in [6, 6.07) is 2.01. The van der Waals surface area contributed by atoms with Gasteiger partial charge in [0.05, 0.1) is 24.4 Å². The molecular weight excluding hydrogens is 396 g/mol. The van der Waals surface area contributed by atoms with E-state index in [1.165, 1.54) is 0 Å². The van der Waals surface area contributed by atoms with E-state index in [1.807, 2.05) is 26.8 Å². The maximum atomic E-state index is 12.1. The van der Waals surface area contributed by atoms with Crippen molar-refractivity contribution >= 4 is 18.3 Å². The Morgan fingerprint density at radius 2 is 2.07 bits per heavy atom. The van der Waals surface area contributed by atoms with E-state index in [1.54, 1.807) is 0 Å². The standard InChI is InChI=1S/C20H34N4O4.ClH/c1-20(2,3)19(26)22-12-18-17(25)5-4-15(27-18)10-14-11-16(28-23-14)13-24-8-6-21-7-9-24;/h11,15,17-18,21,25H,4-10,12-13H2,1-3H3,(H,22,26);1H/t15-,17-,18+;/m0./s1. The number of amides is 1. The van der Waals surface area contributed by atoms with Crippen LogP contribution in [0.25, 0.3) is 0 Å². The fraction of sp³-hybridized carbons (Fsp3) is 0.800. The van der Waals surface area contributed by atoms with Crippen LogP contribution in [0.2, 0.25) is 0 Å². The predicted molar refractivity (Wildman–Crippen MR) is 112 cm³/mol. The second kappa shape index (κ2) is 10.7. The third-order valence-electron chi connectivity index (χ3n) is 5.36. The number of carbonyl (C=O) groups is 1. The second-order valence-corrected chi connectivity index (χ2v) is 8.92. The highest BCUT2D eigenvalue weighted by atomic mass is 35.5. The van der Waals surface area contributed by atoms with E-state index in [9.17, 15) is 9.90 Å². The molecule has 29 heavy (non-hydrogen) atoms. The van der Waals surface area contributed by atoms with Gasteiger partial charge in [0.15, 0.2) is 5.76 Å². The summed E-state index contributed by atoms with van der Waals surface area (Å²) >= 11 is 0. The lowest BCUT2D eigenvalue weighted by molar-refractivity contribution is -0.134. The number of aromatic nitrogens is 1. The summed E-state index contributed by atoms with van der Waals surface area (Å²) in [5.41, 5.74) is 0.421. The Morgan fingerprint density at radius 1 is 1.34 bits per heavy atom. The number of aliphatic hydroxyl groups is 1. The summed E-state index contributed by atoms with van der Waals surface area (Å²) in [4.78, 5) is 14.4. The van der Waals surface area contributed by atoms with Crippen molar-refractivity contribution < 1.29 is 19.2 Å². The zero-order valence-corrected chi connectivity index (χ0v) is 18.5. The molecular formula is C20H35ClN4O4. The van der Waals surface area contributed by atoms with E-state index in [4.69, 9.17) is 9.26 Å². The van der Waals surface area contributed by atoms with Gasteiger partial charge in [-0.25, -0.2) is 0 Å². The number of nitrogens with one attached hydrogen (secondary N) is 2. The summed E-state index contributed by atoms with van der Waals surface area (Å²) in [6.07, 6.45) is 1.10. The molecule has 2 saturated heterocycles. The Kier molecular flexibility index (Phi) is 8.91. The molecule has 0 bridgehead atoms. The molecule has 2 aliphatic heterocycles. The summed E-state index contributed by atoms with van der Waals surface area (Å²) in [6.45, 7) is 10.7. The van der Waals surface area contributed by atoms with Crippen LogP contribution in [0.4, 0.5) is 0 Å². The highest BCUT2D eigenvalue weighted by molar-refractivity contribution is 5.85. The molecule has 8 nitrogen and oxygen atoms in total. The summed E-state index contributed by atoms with van der Waals surface area (Å²) in [7, 11) is 0.